The van der Waals surface area contributed by atoms with Gasteiger partial charge in [-0.05, 0) is 39.5 Å². The Bertz CT molecular complexity index is 385. The summed E-state index contributed by atoms with van der Waals surface area (Å²) in [6.07, 6.45) is 7.24. The van der Waals surface area contributed by atoms with Crippen LogP contribution in [0.5, 0.6) is 0 Å². The van der Waals surface area contributed by atoms with E-state index in [1.165, 1.54) is 24.8 Å². The normalized spacial score (nSPS) is 23.7. The molecule has 0 atom stereocenters. The summed E-state index contributed by atoms with van der Waals surface area (Å²) in [5, 5.41) is 2.78. The average Bonchev–Trinajstić information content (AvgIpc) is 2.77. The second-order valence-corrected chi connectivity index (χ2v) is 5.72. The maximum atomic E-state index is 12.3. The maximum absolute atomic E-state index is 12.3. The Morgan fingerprint density at radius 2 is 2.11 bits per heavy atom. The van der Waals surface area contributed by atoms with E-state index in [2.05, 4.69) is 11.4 Å². The molecule has 1 saturated heterocycles. The third-order valence-corrected chi connectivity index (χ3v) is 3.72. The van der Waals surface area contributed by atoms with E-state index in [9.17, 15) is 9.59 Å². The first-order valence-corrected chi connectivity index (χ1v) is 6.77. The molecule has 1 fully saturated rings. The van der Waals surface area contributed by atoms with E-state index in [0.717, 1.165) is 13.0 Å². The van der Waals surface area contributed by atoms with Crippen molar-refractivity contribution in [3.63, 3.8) is 0 Å². The highest BCUT2D eigenvalue weighted by atomic mass is 16.2. The Morgan fingerprint density at radius 1 is 1.33 bits per heavy atom. The lowest BCUT2D eigenvalue weighted by atomic mass is 10.0. The van der Waals surface area contributed by atoms with Gasteiger partial charge in [0.15, 0.2) is 0 Å². The molecule has 4 nitrogen and oxygen atoms in total. The van der Waals surface area contributed by atoms with E-state index in [-0.39, 0.29) is 11.8 Å². The molecule has 1 heterocycles. The summed E-state index contributed by atoms with van der Waals surface area (Å²) in [6, 6.07) is 0. The first-order valence-electron chi connectivity index (χ1n) is 6.77. The van der Waals surface area contributed by atoms with Crippen LogP contribution in [-0.4, -0.2) is 35.3 Å². The number of allylic oxidation sites excluding steroid dienone is 1. The van der Waals surface area contributed by atoms with Crippen LogP contribution in [0.25, 0.3) is 0 Å². The van der Waals surface area contributed by atoms with Crippen molar-refractivity contribution in [2.75, 3.05) is 13.1 Å². The number of carbonyl (C=O) groups is 2. The number of rotatable bonds is 3. The fourth-order valence-corrected chi connectivity index (χ4v) is 2.65. The summed E-state index contributed by atoms with van der Waals surface area (Å²) >= 11 is 0. The van der Waals surface area contributed by atoms with Gasteiger partial charge in [0.25, 0.3) is 0 Å². The molecule has 18 heavy (non-hydrogen) atoms. The molecule has 4 heteroatoms. The quantitative estimate of drug-likeness (QED) is 0.774. The van der Waals surface area contributed by atoms with Crippen molar-refractivity contribution < 1.29 is 9.59 Å². The van der Waals surface area contributed by atoms with Gasteiger partial charge in [0.2, 0.25) is 11.8 Å². The van der Waals surface area contributed by atoms with Gasteiger partial charge in [-0.3, -0.25) is 9.59 Å². The number of amides is 2. The summed E-state index contributed by atoms with van der Waals surface area (Å²) in [6.45, 7) is 4.84. The van der Waals surface area contributed by atoms with Gasteiger partial charge >= 0.3 is 0 Å². The van der Waals surface area contributed by atoms with E-state index in [4.69, 9.17) is 0 Å². The Labute approximate surface area is 108 Å². The largest absolute Gasteiger partial charge is 0.342 e. The number of hydrogen-bond donors (Lipinski definition) is 1. The van der Waals surface area contributed by atoms with Gasteiger partial charge in [0.05, 0.1) is 0 Å². The minimum absolute atomic E-state index is 0.0315. The second-order valence-electron chi connectivity index (χ2n) is 5.72. The molecule has 1 N–H and O–H groups in total. The predicted octanol–water partition coefficient (Wildman–Crippen LogP) is 1.61. The van der Waals surface area contributed by atoms with Crippen molar-refractivity contribution in [2.24, 2.45) is 0 Å². The lowest BCUT2D eigenvalue weighted by Gasteiger charge is -2.29. The minimum Gasteiger partial charge on any atom is -0.342 e. The number of hydrogen-bond acceptors (Lipinski definition) is 2. The van der Waals surface area contributed by atoms with Crippen molar-refractivity contribution >= 4 is 11.8 Å². The molecule has 0 bridgehead atoms. The van der Waals surface area contributed by atoms with Crippen LogP contribution in [0, 0.1) is 0 Å². The van der Waals surface area contributed by atoms with Crippen LogP contribution in [-0.2, 0) is 9.59 Å². The Balaban J connectivity index is 1.97. The topological polar surface area (TPSA) is 49.4 Å². The van der Waals surface area contributed by atoms with Crippen LogP contribution in [0.2, 0.25) is 0 Å². The first-order chi connectivity index (χ1) is 8.49. The van der Waals surface area contributed by atoms with E-state index in [0.29, 0.717) is 13.0 Å². The zero-order chi connectivity index (χ0) is 13.2. The third-order valence-electron chi connectivity index (χ3n) is 3.72. The Morgan fingerprint density at radius 3 is 2.78 bits per heavy atom. The zero-order valence-electron chi connectivity index (χ0n) is 11.3. The van der Waals surface area contributed by atoms with Crippen molar-refractivity contribution in [2.45, 2.75) is 51.5 Å². The summed E-state index contributed by atoms with van der Waals surface area (Å²) in [5.74, 6) is 0.00267. The van der Waals surface area contributed by atoms with Crippen LogP contribution >= 0.6 is 0 Å². The van der Waals surface area contributed by atoms with Crippen molar-refractivity contribution in [3.8, 4) is 0 Å². The van der Waals surface area contributed by atoms with Gasteiger partial charge in [0, 0.05) is 19.5 Å². The number of nitrogens with zero attached hydrogens (tertiary/aromatic N) is 1. The van der Waals surface area contributed by atoms with Crippen molar-refractivity contribution in [3.05, 3.63) is 11.6 Å². The Hall–Kier alpha value is -1.32. The fraction of sp³-hybridized carbons (Fsp3) is 0.714. The zero-order valence-corrected chi connectivity index (χ0v) is 11.3. The summed E-state index contributed by atoms with van der Waals surface area (Å²) in [4.78, 5) is 25.7. The lowest BCUT2D eigenvalue weighted by Crippen LogP contribution is -2.52. The fourth-order valence-electron chi connectivity index (χ4n) is 2.65. The molecule has 0 spiro atoms. The molecule has 0 aromatic rings. The van der Waals surface area contributed by atoms with E-state index < -0.39 is 5.54 Å². The molecule has 2 amide bonds. The maximum Gasteiger partial charge on any atom is 0.247 e. The lowest BCUT2D eigenvalue weighted by molar-refractivity contribution is -0.137. The highest BCUT2D eigenvalue weighted by Gasteiger charge is 2.36. The van der Waals surface area contributed by atoms with Crippen LogP contribution < -0.4 is 5.32 Å². The SMILES string of the molecule is CC1(C)NC(=O)CCN(CCC2=CCCC2)C1=O. The highest BCUT2D eigenvalue weighted by molar-refractivity contribution is 5.92. The molecule has 0 saturated carbocycles. The van der Waals surface area contributed by atoms with Crippen molar-refractivity contribution in [1.29, 1.82) is 0 Å². The monoisotopic (exact) mass is 250 g/mol. The molecular formula is C14H22N2O2. The summed E-state index contributed by atoms with van der Waals surface area (Å²) in [5.41, 5.74) is 0.696. The number of nitrogens with one attached hydrogen (secondary N) is 1. The summed E-state index contributed by atoms with van der Waals surface area (Å²) in [7, 11) is 0. The predicted molar refractivity (Wildman–Crippen MR) is 70.0 cm³/mol. The molecule has 1 aliphatic carbocycles. The summed E-state index contributed by atoms with van der Waals surface area (Å²) < 4.78 is 0. The molecule has 0 aromatic heterocycles. The van der Waals surface area contributed by atoms with Crippen LogP contribution in [0.4, 0.5) is 0 Å². The van der Waals surface area contributed by atoms with E-state index >= 15 is 0 Å². The molecule has 2 aliphatic rings. The Kier molecular flexibility index (Phi) is 3.73. The molecular weight excluding hydrogens is 228 g/mol. The first kappa shape index (κ1) is 13.1. The van der Waals surface area contributed by atoms with Crippen LogP contribution in [0.15, 0.2) is 11.6 Å². The highest BCUT2D eigenvalue weighted by Crippen LogP contribution is 2.22. The van der Waals surface area contributed by atoms with Gasteiger partial charge in [-0.25, -0.2) is 0 Å². The van der Waals surface area contributed by atoms with Gasteiger partial charge in [-0.15, -0.1) is 0 Å². The van der Waals surface area contributed by atoms with Crippen LogP contribution in [0.3, 0.4) is 0 Å². The van der Waals surface area contributed by atoms with Gasteiger partial charge in [-0.2, -0.15) is 0 Å². The number of carbonyl (C=O) groups excluding carboxylic acids is 2. The third kappa shape index (κ3) is 2.92. The van der Waals surface area contributed by atoms with Gasteiger partial charge in [0.1, 0.15) is 5.54 Å². The minimum atomic E-state index is -0.766. The van der Waals surface area contributed by atoms with Crippen LogP contribution in [0.1, 0.15) is 46.0 Å². The van der Waals surface area contributed by atoms with Gasteiger partial charge in [-0.1, -0.05) is 11.6 Å². The van der Waals surface area contributed by atoms with E-state index in [1.54, 1.807) is 13.8 Å². The molecule has 0 unspecified atom stereocenters. The second kappa shape index (κ2) is 5.12. The van der Waals surface area contributed by atoms with Crippen molar-refractivity contribution in [1.82, 2.24) is 10.2 Å². The molecule has 100 valence electrons. The standard InChI is InChI=1S/C14H22N2O2/c1-14(2)13(18)16(10-8-12(17)15-14)9-7-11-5-3-4-6-11/h5H,3-4,6-10H2,1-2H3,(H,15,17). The van der Waals surface area contributed by atoms with E-state index in [1.807, 2.05) is 4.90 Å². The molecule has 0 radical (unpaired) electrons. The average molecular weight is 250 g/mol. The molecule has 1 aliphatic heterocycles. The molecule has 2 rings (SSSR count). The smallest absolute Gasteiger partial charge is 0.247 e. The molecule has 0 aromatic carbocycles. The van der Waals surface area contributed by atoms with Gasteiger partial charge < -0.3 is 10.2 Å².